The van der Waals surface area contributed by atoms with Crippen LogP contribution >= 0.6 is 11.6 Å². The molecule has 2 rings (SSSR count). The van der Waals surface area contributed by atoms with Crippen molar-refractivity contribution in [2.75, 3.05) is 0 Å². The molecular weight excluding hydrogens is 208 g/mol. The van der Waals surface area contributed by atoms with Gasteiger partial charge in [0, 0.05) is 11.4 Å². The Labute approximate surface area is 95.4 Å². The molecule has 1 aromatic carbocycles. The molecule has 0 aliphatic heterocycles. The number of hydrogen-bond donors (Lipinski definition) is 0. The van der Waals surface area contributed by atoms with Crippen molar-refractivity contribution in [1.29, 1.82) is 0 Å². The van der Waals surface area contributed by atoms with Crippen LogP contribution in [-0.2, 0) is 10.2 Å². The van der Waals surface area contributed by atoms with Crippen molar-refractivity contribution in [3.63, 3.8) is 0 Å². The molecule has 0 radical (unpaired) electrons. The normalized spacial score (nSPS) is 17.5. The highest BCUT2D eigenvalue weighted by Crippen LogP contribution is 2.50. The molecule has 1 aliphatic carbocycles. The van der Waals surface area contributed by atoms with Crippen molar-refractivity contribution >= 4 is 17.4 Å². The Kier molecular flexibility index (Phi) is 2.83. The van der Waals surface area contributed by atoms with Crippen LogP contribution in [0.5, 0.6) is 0 Å². The van der Waals surface area contributed by atoms with Gasteiger partial charge < -0.3 is 0 Å². The first kappa shape index (κ1) is 10.7. The molecule has 1 fully saturated rings. The minimum atomic E-state index is -0.180. The molecule has 1 saturated carbocycles. The average molecular weight is 223 g/mol. The van der Waals surface area contributed by atoms with Crippen LogP contribution in [0.25, 0.3) is 0 Å². The topological polar surface area (TPSA) is 17.1 Å². The minimum absolute atomic E-state index is 0.180. The lowest BCUT2D eigenvalue weighted by atomic mass is 9.89. The third kappa shape index (κ3) is 1.93. The second-order valence-electron chi connectivity index (χ2n) is 4.27. The van der Waals surface area contributed by atoms with Crippen LogP contribution in [0.3, 0.4) is 0 Å². The van der Waals surface area contributed by atoms with E-state index in [1.54, 1.807) is 0 Å². The van der Waals surface area contributed by atoms with Crippen LogP contribution in [-0.4, -0.2) is 5.78 Å². The van der Waals surface area contributed by atoms with Crippen molar-refractivity contribution in [2.45, 2.75) is 38.0 Å². The average Bonchev–Trinajstić information content (AvgIpc) is 2.99. The Morgan fingerprint density at radius 1 is 1.47 bits per heavy atom. The third-order valence-electron chi connectivity index (χ3n) is 3.14. The highest BCUT2D eigenvalue weighted by atomic mass is 35.5. The second kappa shape index (κ2) is 3.97. The van der Waals surface area contributed by atoms with Gasteiger partial charge in [-0.1, -0.05) is 30.7 Å². The van der Waals surface area contributed by atoms with Crippen LogP contribution < -0.4 is 0 Å². The number of halogens is 1. The second-order valence-corrected chi connectivity index (χ2v) is 4.70. The molecule has 0 bridgehead atoms. The highest BCUT2D eigenvalue weighted by Gasteiger charge is 2.49. The Balaban J connectivity index is 2.26. The lowest BCUT2D eigenvalue weighted by Crippen LogP contribution is -2.19. The van der Waals surface area contributed by atoms with E-state index in [-0.39, 0.29) is 5.41 Å². The predicted octanol–water partition coefficient (Wildman–Crippen LogP) is 3.74. The standard InChI is InChI=1S/C13H15ClO/c1-2-4-12(15)13(7-8-13)10-5-3-6-11(14)9-10/h3,5-6,9H,2,4,7-8H2,1H3. The molecule has 0 spiro atoms. The van der Waals surface area contributed by atoms with Gasteiger partial charge in [0.2, 0.25) is 0 Å². The molecule has 1 aromatic rings. The van der Waals surface area contributed by atoms with E-state index in [0.29, 0.717) is 12.2 Å². The molecule has 0 aromatic heterocycles. The summed E-state index contributed by atoms with van der Waals surface area (Å²) in [4.78, 5) is 12.0. The van der Waals surface area contributed by atoms with Gasteiger partial charge in [0.1, 0.15) is 5.78 Å². The molecule has 0 amide bonds. The summed E-state index contributed by atoms with van der Waals surface area (Å²) < 4.78 is 0. The van der Waals surface area contributed by atoms with E-state index < -0.39 is 0 Å². The number of ketones is 1. The van der Waals surface area contributed by atoms with Crippen molar-refractivity contribution in [1.82, 2.24) is 0 Å². The molecule has 0 heterocycles. The van der Waals surface area contributed by atoms with E-state index in [2.05, 4.69) is 0 Å². The molecule has 0 N–H and O–H groups in total. The Morgan fingerprint density at radius 2 is 2.20 bits per heavy atom. The maximum atomic E-state index is 12.0. The zero-order valence-electron chi connectivity index (χ0n) is 8.92. The smallest absolute Gasteiger partial charge is 0.143 e. The van der Waals surface area contributed by atoms with Crippen molar-refractivity contribution in [2.24, 2.45) is 0 Å². The summed E-state index contributed by atoms with van der Waals surface area (Å²) in [6.07, 6.45) is 3.60. The van der Waals surface area contributed by atoms with Crippen LogP contribution in [0.4, 0.5) is 0 Å². The molecule has 15 heavy (non-hydrogen) atoms. The minimum Gasteiger partial charge on any atom is -0.299 e. The molecule has 80 valence electrons. The van der Waals surface area contributed by atoms with Gasteiger partial charge in [-0.05, 0) is 37.0 Å². The zero-order valence-corrected chi connectivity index (χ0v) is 9.68. The summed E-state index contributed by atoms with van der Waals surface area (Å²) in [5.41, 5.74) is 0.925. The predicted molar refractivity (Wildman–Crippen MR) is 62.3 cm³/mol. The number of hydrogen-bond acceptors (Lipinski definition) is 1. The van der Waals surface area contributed by atoms with Gasteiger partial charge in [-0.2, -0.15) is 0 Å². The van der Waals surface area contributed by atoms with E-state index in [1.807, 2.05) is 31.2 Å². The summed E-state index contributed by atoms with van der Waals surface area (Å²) in [6.45, 7) is 2.05. The highest BCUT2D eigenvalue weighted by molar-refractivity contribution is 6.30. The SMILES string of the molecule is CCCC(=O)C1(c2cccc(Cl)c2)CC1. The molecule has 2 heteroatoms. The number of benzene rings is 1. The molecular formula is C13H15ClO. The first-order valence-electron chi connectivity index (χ1n) is 5.48. The Morgan fingerprint density at radius 3 is 2.73 bits per heavy atom. The van der Waals surface area contributed by atoms with Gasteiger partial charge in [0.05, 0.1) is 5.41 Å². The molecule has 1 nitrogen and oxygen atoms in total. The quantitative estimate of drug-likeness (QED) is 0.759. The third-order valence-corrected chi connectivity index (χ3v) is 3.37. The summed E-state index contributed by atoms with van der Waals surface area (Å²) in [7, 11) is 0. The van der Waals surface area contributed by atoms with Crippen LogP contribution in [0.2, 0.25) is 5.02 Å². The van der Waals surface area contributed by atoms with Crippen molar-refractivity contribution < 1.29 is 4.79 Å². The number of rotatable bonds is 4. The van der Waals surface area contributed by atoms with Crippen molar-refractivity contribution in [3.8, 4) is 0 Å². The molecule has 1 aliphatic rings. The first-order chi connectivity index (χ1) is 7.19. The van der Waals surface area contributed by atoms with Crippen LogP contribution in [0.15, 0.2) is 24.3 Å². The van der Waals surface area contributed by atoms with Crippen molar-refractivity contribution in [3.05, 3.63) is 34.9 Å². The van der Waals surface area contributed by atoms with E-state index in [0.717, 1.165) is 29.8 Å². The van der Waals surface area contributed by atoms with Crippen LogP contribution in [0.1, 0.15) is 38.2 Å². The molecule has 0 unspecified atom stereocenters. The number of carbonyl (C=O) groups excluding carboxylic acids is 1. The Bertz CT molecular complexity index is 380. The largest absolute Gasteiger partial charge is 0.299 e. The maximum Gasteiger partial charge on any atom is 0.143 e. The van der Waals surface area contributed by atoms with E-state index in [9.17, 15) is 4.79 Å². The monoisotopic (exact) mass is 222 g/mol. The van der Waals surface area contributed by atoms with Gasteiger partial charge in [0.25, 0.3) is 0 Å². The van der Waals surface area contributed by atoms with E-state index in [1.165, 1.54) is 0 Å². The zero-order chi connectivity index (χ0) is 10.9. The maximum absolute atomic E-state index is 12.0. The summed E-state index contributed by atoms with van der Waals surface area (Å²) in [5.74, 6) is 0.382. The number of carbonyl (C=O) groups is 1. The molecule has 0 atom stereocenters. The molecule has 0 saturated heterocycles. The van der Waals surface area contributed by atoms with Gasteiger partial charge >= 0.3 is 0 Å². The van der Waals surface area contributed by atoms with Gasteiger partial charge in [0.15, 0.2) is 0 Å². The van der Waals surface area contributed by atoms with E-state index in [4.69, 9.17) is 11.6 Å². The lowest BCUT2D eigenvalue weighted by molar-refractivity contribution is -0.121. The summed E-state index contributed by atoms with van der Waals surface area (Å²) in [6, 6.07) is 7.73. The van der Waals surface area contributed by atoms with E-state index >= 15 is 0 Å². The van der Waals surface area contributed by atoms with Crippen LogP contribution in [0, 0.1) is 0 Å². The van der Waals surface area contributed by atoms with Gasteiger partial charge in [-0.25, -0.2) is 0 Å². The summed E-state index contributed by atoms with van der Waals surface area (Å²) in [5, 5.41) is 0.725. The fraction of sp³-hybridized carbons (Fsp3) is 0.462. The van der Waals surface area contributed by atoms with Gasteiger partial charge in [-0.3, -0.25) is 4.79 Å². The number of Topliss-reactive ketones (excluding diaryl/α,β-unsaturated/α-hetero) is 1. The van der Waals surface area contributed by atoms with Gasteiger partial charge in [-0.15, -0.1) is 0 Å². The first-order valence-corrected chi connectivity index (χ1v) is 5.86. The lowest BCUT2D eigenvalue weighted by Gasteiger charge is -2.14. The summed E-state index contributed by atoms with van der Waals surface area (Å²) >= 11 is 5.95. The fourth-order valence-electron chi connectivity index (χ4n) is 2.11. The Hall–Kier alpha value is -0.820. The fourth-order valence-corrected chi connectivity index (χ4v) is 2.30.